The number of carbonyl (C=O) groups is 1. The summed E-state index contributed by atoms with van der Waals surface area (Å²) in [5.41, 5.74) is 3.25. The maximum atomic E-state index is 12.2. The van der Waals surface area contributed by atoms with E-state index in [9.17, 15) is 9.90 Å². The fourth-order valence-electron chi connectivity index (χ4n) is 2.21. The molecule has 0 aromatic heterocycles. The van der Waals surface area contributed by atoms with E-state index in [4.69, 9.17) is 11.6 Å². The number of fused-ring (bicyclic) bond motifs is 1. The molecule has 0 radical (unpaired) electrons. The average Bonchev–Trinajstić information content (AvgIpc) is 2.56. The predicted molar refractivity (Wildman–Crippen MR) is 92.1 cm³/mol. The number of nitrogens with zero attached hydrogens (tertiary/aromatic N) is 1. The number of phenols is 1. The van der Waals surface area contributed by atoms with Gasteiger partial charge in [-0.2, -0.15) is 5.10 Å². The summed E-state index contributed by atoms with van der Waals surface area (Å²) < 4.78 is 0. The first-order chi connectivity index (χ1) is 11.1. The Hall–Kier alpha value is -2.85. The van der Waals surface area contributed by atoms with Crippen LogP contribution in [0.1, 0.15) is 15.9 Å². The van der Waals surface area contributed by atoms with Crippen LogP contribution >= 0.6 is 11.6 Å². The topological polar surface area (TPSA) is 61.7 Å². The Labute approximate surface area is 138 Å². The molecule has 0 aliphatic carbocycles. The summed E-state index contributed by atoms with van der Waals surface area (Å²) in [5.74, 6) is -0.578. The highest BCUT2D eigenvalue weighted by molar-refractivity contribution is 6.33. The van der Waals surface area contributed by atoms with Crippen molar-refractivity contribution in [1.29, 1.82) is 0 Å². The minimum absolute atomic E-state index is 0.0888. The summed E-state index contributed by atoms with van der Waals surface area (Å²) in [6, 6.07) is 17.8. The molecule has 0 heterocycles. The third kappa shape index (κ3) is 3.33. The fraction of sp³-hybridized carbons (Fsp3) is 0. The van der Waals surface area contributed by atoms with Crippen molar-refractivity contribution in [2.75, 3.05) is 0 Å². The van der Waals surface area contributed by atoms with Gasteiger partial charge < -0.3 is 5.11 Å². The lowest BCUT2D eigenvalue weighted by molar-refractivity contribution is 0.0952. The summed E-state index contributed by atoms with van der Waals surface area (Å²) in [6.45, 7) is 0. The SMILES string of the molecule is O=C(N/N=C/c1ccccc1Cl)c1cc2ccccc2cc1O. The second-order valence-electron chi connectivity index (χ2n) is 4.94. The largest absolute Gasteiger partial charge is 0.507 e. The molecule has 0 fully saturated rings. The zero-order valence-electron chi connectivity index (χ0n) is 12.0. The minimum Gasteiger partial charge on any atom is -0.507 e. The first-order valence-electron chi connectivity index (χ1n) is 6.95. The Bertz CT molecular complexity index is 906. The number of rotatable bonds is 3. The maximum absolute atomic E-state index is 12.2. The lowest BCUT2D eigenvalue weighted by Gasteiger charge is -2.05. The van der Waals surface area contributed by atoms with E-state index in [-0.39, 0.29) is 11.3 Å². The molecule has 0 bridgehead atoms. The van der Waals surface area contributed by atoms with Crippen LogP contribution in [0.25, 0.3) is 10.8 Å². The molecule has 0 unspecified atom stereocenters. The Morgan fingerprint density at radius 2 is 1.70 bits per heavy atom. The van der Waals surface area contributed by atoms with Crippen LogP contribution in [0.5, 0.6) is 5.75 Å². The molecule has 1 amide bonds. The number of nitrogens with one attached hydrogen (secondary N) is 1. The zero-order valence-corrected chi connectivity index (χ0v) is 12.8. The normalized spacial score (nSPS) is 11.0. The van der Waals surface area contributed by atoms with Gasteiger partial charge in [0.25, 0.3) is 5.91 Å². The van der Waals surface area contributed by atoms with Gasteiger partial charge in [-0.3, -0.25) is 4.79 Å². The van der Waals surface area contributed by atoms with Gasteiger partial charge >= 0.3 is 0 Å². The molecule has 0 saturated carbocycles. The number of hydrogen-bond donors (Lipinski definition) is 2. The second-order valence-corrected chi connectivity index (χ2v) is 5.34. The molecule has 0 saturated heterocycles. The third-order valence-electron chi connectivity index (χ3n) is 3.38. The van der Waals surface area contributed by atoms with Crippen molar-refractivity contribution in [1.82, 2.24) is 5.43 Å². The van der Waals surface area contributed by atoms with Crippen molar-refractivity contribution < 1.29 is 9.90 Å². The van der Waals surface area contributed by atoms with E-state index in [2.05, 4.69) is 10.5 Å². The molecule has 0 aliphatic rings. The second kappa shape index (κ2) is 6.50. The molecule has 3 rings (SSSR count). The van der Waals surface area contributed by atoms with E-state index in [1.54, 1.807) is 24.3 Å². The van der Waals surface area contributed by atoms with Crippen LogP contribution in [0, 0.1) is 0 Å². The van der Waals surface area contributed by atoms with Crippen LogP contribution in [0.15, 0.2) is 65.8 Å². The van der Waals surface area contributed by atoms with Gasteiger partial charge in [0.05, 0.1) is 11.8 Å². The number of phenolic OH excluding ortho intramolecular Hbond substituents is 1. The number of hydrazone groups is 1. The number of carbonyl (C=O) groups excluding carboxylic acids is 1. The van der Waals surface area contributed by atoms with Crippen molar-refractivity contribution in [3.63, 3.8) is 0 Å². The summed E-state index contributed by atoms with van der Waals surface area (Å²) in [4.78, 5) is 12.2. The third-order valence-corrected chi connectivity index (χ3v) is 3.73. The van der Waals surface area contributed by atoms with Crippen LogP contribution in [0.4, 0.5) is 0 Å². The van der Waals surface area contributed by atoms with Crippen molar-refractivity contribution in [3.05, 3.63) is 76.8 Å². The first-order valence-corrected chi connectivity index (χ1v) is 7.32. The standard InChI is InChI=1S/C18H13ClN2O2/c19-16-8-4-3-7-14(16)11-20-21-18(23)15-9-12-5-1-2-6-13(12)10-17(15)22/h1-11,22H,(H,21,23)/b20-11+. The van der Waals surface area contributed by atoms with Crippen LogP contribution < -0.4 is 5.43 Å². The van der Waals surface area contributed by atoms with Gasteiger partial charge in [-0.05, 0) is 29.0 Å². The smallest absolute Gasteiger partial charge is 0.275 e. The highest BCUT2D eigenvalue weighted by Crippen LogP contribution is 2.24. The number of amides is 1. The Kier molecular flexibility index (Phi) is 4.26. The van der Waals surface area contributed by atoms with E-state index < -0.39 is 5.91 Å². The van der Waals surface area contributed by atoms with E-state index in [0.29, 0.717) is 10.6 Å². The fourth-order valence-corrected chi connectivity index (χ4v) is 2.40. The van der Waals surface area contributed by atoms with Gasteiger partial charge in [0.2, 0.25) is 0 Å². The zero-order chi connectivity index (χ0) is 16.2. The van der Waals surface area contributed by atoms with Gasteiger partial charge in [-0.15, -0.1) is 0 Å². The quantitative estimate of drug-likeness (QED) is 0.566. The Morgan fingerprint density at radius 3 is 2.43 bits per heavy atom. The van der Waals surface area contributed by atoms with Crippen LogP contribution in [0.2, 0.25) is 5.02 Å². The molecule has 3 aromatic carbocycles. The molecule has 114 valence electrons. The van der Waals surface area contributed by atoms with Gasteiger partial charge in [0.1, 0.15) is 5.75 Å². The van der Waals surface area contributed by atoms with Crippen molar-refractivity contribution in [2.24, 2.45) is 5.10 Å². The highest BCUT2D eigenvalue weighted by atomic mass is 35.5. The summed E-state index contributed by atoms with van der Waals surface area (Å²) in [7, 11) is 0. The molecule has 0 atom stereocenters. The average molecular weight is 325 g/mol. The van der Waals surface area contributed by atoms with E-state index in [1.165, 1.54) is 6.21 Å². The van der Waals surface area contributed by atoms with E-state index >= 15 is 0 Å². The molecule has 3 aromatic rings. The molecule has 0 aliphatic heterocycles. The van der Waals surface area contributed by atoms with Crippen LogP contribution in [0.3, 0.4) is 0 Å². The number of halogens is 1. The maximum Gasteiger partial charge on any atom is 0.275 e. The number of aromatic hydroxyl groups is 1. The number of benzene rings is 3. The van der Waals surface area contributed by atoms with Crippen LogP contribution in [-0.4, -0.2) is 17.2 Å². The highest BCUT2D eigenvalue weighted by Gasteiger charge is 2.11. The summed E-state index contributed by atoms with van der Waals surface area (Å²) in [5, 5.41) is 16.2. The molecular formula is C18H13ClN2O2. The number of hydrogen-bond acceptors (Lipinski definition) is 3. The molecule has 0 spiro atoms. The minimum atomic E-state index is -0.489. The van der Waals surface area contributed by atoms with Gasteiger partial charge in [-0.25, -0.2) is 5.43 Å². The predicted octanol–water partition coefficient (Wildman–Crippen LogP) is 3.96. The Morgan fingerprint density at radius 1 is 1.04 bits per heavy atom. The molecule has 23 heavy (non-hydrogen) atoms. The van der Waals surface area contributed by atoms with Crippen molar-refractivity contribution in [2.45, 2.75) is 0 Å². The van der Waals surface area contributed by atoms with Gasteiger partial charge in [0.15, 0.2) is 0 Å². The van der Waals surface area contributed by atoms with Crippen LogP contribution in [-0.2, 0) is 0 Å². The van der Waals surface area contributed by atoms with E-state index in [1.807, 2.05) is 36.4 Å². The molecule has 2 N–H and O–H groups in total. The van der Waals surface area contributed by atoms with E-state index in [0.717, 1.165) is 10.8 Å². The van der Waals surface area contributed by atoms with Crippen molar-refractivity contribution >= 4 is 34.5 Å². The molecule has 4 nitrogen and oxygen atoms in total. The summed E-state index contributed by atoms with van der Waals surface area (Å²) >= 11 is 6.00. The van der Waals surface area contributed by atoms with Gasteiger partial charge in [-0.1, -0.05) is 54.1 Å². The lowest BCUT2D eigenvalue weighted by Crippen LogP contribution is -2.17. The van der Waals surface area contributed by atoms with Crippen molar-refractivity contribution in [3.8, 4) is 5.75 Å². The Balaban J connectivity index is 1.81. The lowest BCUT2D eigenvalue weighted by atomic mass is 10.1. The summed E-state index contributed by atoms with van der Waals surface area (Å²) in [6.07, 6.45) is 1.46. The van der Waals surface area contributed by atoms with Gasteiger partial charge in [0, 0.05) is 10.6 Å². The first kappa shape index (κ1) is 15.1. The molecule has 5 heteroatoms. The molecular weight excluding hydrogens is 312 g/mol. The monoisotopic (exact) mass is 324 g/mol.